The second-order valence-corrected chi connectivity index (χ2v) is 8.58. The first-order valence-corrected chi connectivity index (χ1v) is 12.6. The van der Waals surface area contributed by atoms with Crippen LogP contribution in [0.1, 0.15) is 91.8 Å². The molecule has 0 bridgehead atoms. The van der Waals surface area contributed by atoms with E-state index in [4.69, 9.17) is 11.0 Å². The number of anilines is 2. The maximum Gasteiger partial charge on any atom is 0.246 e. The molecule has 1 unspecified atom stereocenters. The third-order valence-corrected chi connectivity index (χ3v) is 6.04. The van der Waals surface area contributed by atoms with Crippen molar-refractivity contribution in [1.29, 1.82) is 5.26 Å². The Morgan fingerprint density at radius 1 is 1.24 bits per heavy atom. The number of aromatic nitrogens is 2. The number of unbranched alkanes of at least 4 members (excludes halogenated alkanes) is 3. The van der Waals surface area contributed by atoms with Crippen molar-refractivity contribution in [3.8, 4) is 6.07 Å². The standard InChI is InChI=1S/C18H24N6O.C6H14.C2H6.CH4/c1-3-16(25)24-9-8-23(11-13(24)6-7-19)17-14-5-4-12(2)10-15(14)21-18(20)22-17;1-3-5-6-4-2;1-2;/h3,12-13H,1,4-6,8-11H2,2H3,(H2,20,21,22);3-6H2,1-2H3;1-2H3;1H4/t12?,13-;;;/m0.../s1. The second kappa shape index (κ2) is 16.9. The fraction of sp³-hybridized carbons (Fsp3) is 0.704. The first kappa shape index (κ1) is 31.4. The van der Waals surface area contributed by atoms with E-state index in [1.54, 1.807) is 4.90 Å². The summed E-state index contributed by atoms with van der Waals surface area (Å²) in [6, 6.07) is 2.02. The van der Waals surface area contributed by atoms with Crippen LogP contribution in [0.25, 0.3) is 0 Å². The van der Waals surface area contributed by atoms with E-state index >= 15 is 0 Å². The SMILES string of the molecule is C.C=CC(=O)N1CCN(c2nc(N)nc3c2CCC(C)C3)C[C@@H]1CC#N.CC.CCCCCC. The lowest BCUT2D eigenvalue weighted by Gasteiger charge is -2.41. The molecule has 1 saturated heterocycles. The maximum atomic E-state index is 12.1. The summed E-state index contributed by atoms with van der Waals surface area (Å²) in [6.07, 6.45) is 10.1. The van der Waals surface area contributed by atoms with Crippen molar-refractivity contribution in [3.63, 3.8) is 0 Å². The number of nitrogens with two attached hydrogens (primary N) is 1. The van der Waals surface area contributed by atoms with E-state index in [-0.39, 0.29) is 25.8 Å². The van der Waals surface area contributed by atoms with Gasteiger partial charge in [0.1, 0.15) is 5.82 Å². The van der Waals surface area contributed by atoms with Gasteiger partial charge in [0.15, 0.2) is 0 Å². The lowest BCUT2D eigenvalue weighted by molar-refractivity contribution is -0.128. The second-order valence-electron chi connectivity index (χ2n) is 8.58. The van der Waals surface area contributed by atoms with Gasteiger partial charge in [-0.3, -0.25) is 4.79 Å². The van der Waals surface area contributed by atoms with E-state index in [9.17, 15) is 4.79 Å². The van der Waals surface area contributed by atoms with Gasteiger partial charge in [0.05, 0.1) is 24.2 Å². The molecule has 34 heavy (non-hydrogen) atoms. The van der Waals surface area contributed by atoms with Gasteiger partial charge in [-0.15, -0.1) is 0 Å². The van der Waals surface area contributed by atoms with Crippen molar-refractivity contribution >= 4 is 17.7 Å². The zero-order valence-electron chi connectivity index (χ0n) is 21.4. The van der Waals surface area contributed by atoms with E-state index in [0.717, 1.165) is 30.8 Å². The Kier molecular flexibility index (Phi) is 15.6. The van der Waals surface area contributed by atoms with E-state index in [1.165, 1.54) is 37.3 Å². The van der Waals surface area contributed by atoms with Gasteiger partial charge >= 0.3 is 0 Å². The quantitative estimate of drug-likeness (QED) is 0.430. The van der Waals surface area contributed by atoms with Crippen LogP contribution in [-0.2, 0) is 17.6 Å². The normalized spacial score (nSPS) is 18.6. The lowest BCUT2D eigenvalue weighted by atomic mass is 9.88. The lowest BCUT2D eigenvalue weighted by Crippen LogP contribution is -2.55. The minimum atomic E-state index is -0.168. The van der Waals surface area contributed by atoms with Gasteiger partial charge in [0, 0.05) is 25.2 Å². The van der Waals surface area contributed by atoms with Crippen LogP contribution >= 0.6 is 0 Å². The van der Waals surface area contributed by atoms with E-state index in [1.807, 2.05) is 13.8 Å². The van der Waals surface area contributed by atoms with Gasteiger partial charge in [-0.1, -0.05) is 74.3 Å². The molecule has 1 aromatic heterocycles. The van der Waals surface area contributed by atoms with E-state index in [0.29, 0.717) is 31.5 Å². The topological polar surface area (TPSA) is 99.1 Å². The third kappa shape index (κ3) is 8.96. The van der Waals surface area contributed by atoms with Crippen LogP contribution in [0.3, 0.4) is 0 Å². The molecule has 2 aliphatic rings. The molecule has 192 valence electrons. The summed E-state index contributed by atoms with van der Waals surface area (Å²) in [5.74, 6) is 1.65. The molecule has 3 rings (SSSR count). The minimum Gasteiger partial charge on any atom is -0.368 e. The molecule has 1 amide bonds. The van der Waals surface area contributed by atoms with Crippen LogP contribution < -0.4 is 10.6 Å². The Hall–Kier alpha value is -2.62. The molecule has 7 heteroatoms. The van der Waals surface area contributed by atoms with Crippen molar-refractivity contribution in [2.75, 3.05) is 30.3 Å². The molecule has 2 N–H and O–H groups in total. The first-order valence-electron chi connectivity index (χ1n) is 12.6. The van der Waals surface area contributed by atoms with Crippen molar-refractivity contribution in [2.24, 2.45) is 5.92 Å². The summed E-state index contributed by atoms with van der Waals surface area (Å²) in [6.45, 7) is 16.0. The molecule has 1 aromatic rings. The predicted molar refractivity (Wildman–Crippen MR) is 144 cm³/mol. The van der Waals surface area contributed by atoms with Crippen LogP contribution in [0, 0.1) is 17.2 Å². The number of carbonyl (C=O) groups is 1. The van der Waals surface area contributed by atoms with E-state index < -0.39 is 0 Å². The monoisotopic (exact) mass is 472 g/mol. The van der Waals surface area contributed by atoms with Crippen molar-refractivity contribution in [2.45, 2.75) is 99.5 Å². The smallest absolute Gasteiger partial charge is 0.246 e. The summed E-state index contributed by atoms with van der Waals surface area (Å²) in [5, 5.41) is 9.13. The molecular formula is C27H48N6O. The minimum absolute atomic E-state index is 0. The van der Waals surface area contributed by atoms with E-state index in [2.05, 4.69) is 48.3 Å². The van der Waals surface area contributed by atoms with Crippen LogP contribution in [0.4, 0.5) is 11.8 Å². The number of amides is 1. The van der Waals surface area contributed by atoms with Gasteiger partial charge in [-0.2, -0.15) is 10.2 Å². The molecule has 0 spiro atoms. The zero-order chi connectivity index (χ0) is 24.8. The number of nitriles is 1. The molecule has 0 saturated carbocycles. The Bertz CT molecular complexity index is 784. The highest BCUT2D eigenvalue weighted by atomic mass is 16.2. The maximum absolute atomic E-state index is 12.1. The van der Waals surface area contributed by atoms with Crippen LogP contribution in [0.5, 0.6) is 0 Å². The number of nitrogens with zero attached hydrogens (tertiary/aromatic N) is 5. The van der Waals surface area contributed by atoms with Crippen LogP contribution in [0.2, 0.25) is 0 Å². The van der Waals surface area contributed by atoms with Gasteiger partial charge < -0.3 is 15.5 Å². The molecule has 0 aromatic carbocycles. The molecule has 0 radical (unpaired) electrons. The zero-order valence-corrected chi connectivity index (χ0v) is 21.4. The fourth-order valence-electron chi connectivity index (χ4n) is 4.28. The van der Waals surface area contributed by atoms with Crippen LogP contribution in [-0.4, -0.2) is 46.5 Å². The highest BCUT2D eigenvalue weighted by Gasteiger charge is 2.32. The first-order chi connectivity index (χ1) is 15.9. The van der Waals surface area contributed by atoms with Gasteiger partial charge in [0.2, 0.25) is 11.9 Å². The number of carbonyl (C=O) groups excluding carboxylic acids is 1. The molecule has 1 aliphatic heterocycles. The molecular weight excluding hydrogens is 424 g/mol. The summed E-state index contributed by atoms with van der Waals surface area (Å²) in [5.41, 5.74) is 8.16. The van der Waals surface area contributed by atoms with Crippen molar-refractivity contribution in [3.05, 3.63) is 23.9 Å². The number of fused-ring (bicyclic) bond motifs is 1. The fourth-order valence-corrected chi connectivity index (χ4v) is 4.28. The summed E-state index contributed by atoms with van der Waals surface area (Å²) >= 11 is 0. The molecule has 7 nitrogen and oxygen atoms in total. The number of hydrogen-bond acceptors (Lipinski definition) is 6. The Morgan fingerprint density at radius 3 is 2.44 bits per heavy atom. The number of hydrogen-bond donors (Lipinski definition) is 1. The van der Waals surface area contributed by atoms with Gasteiger partial charge in [-0.25, -0.2) is 4.98 Å². The van der Waals surface area contributed by atoms with Crippen LogP contribution in [0.15, 0.2) is 12.7 Å². The molecule has 2 atom stereocenters. The average molecular weight is 473 g/mol. The highest BCUT2D eigenvalue weighted by Crippen LogP contribution is 2.32. The number of nitrogen functional groups attached to an aromatic ring is 1. The highest BCUT2D eigenvalue weighted by molar-refractivity contribution is 5.87. The largest absolute Gasteiger partial charge is 0.368 e. The number of piperazine rings is 1. The third-order valence-electron chi connectivity index (χ3n) is 6.04. The van der Waals surface area contributed by atoms with Crippen molar-refractivity contribution < 1.29 is 4.79 Å². The average Bonchev–Trinajstić information content (AvgIpc) is 2.83. The van der Waals surface area contributed by atoms with Crippen molar-refractivity contribution in [1.82, 2.24) is 14.9 Å². The summed E-state index contributed by atoms with van der Waals surface area (Å²) < 4.78 is 0. The predicted octanol–water partition coefficient (Wildman–Crippen LogP) is 5.55. The summed E-state index contributed by atoms with van der Waals surface area (Å²) in [4.78, 5) is 24.9. The Morgan fingerprint density at radius 2 is 1.88 bits per heavy atom. The number of rotatable bonds is 6. The molecule has 1 aliphatic carbocycles. The molecule has 2 heterocycles. The molecule has 1 fully saturated rings. The van der Waals surface area contributed by atoms with Gasteiger partial charge in [0.25, 0.3) is 0 Å². The summed E-state index contributed by atoms with van der Waals surface area (Å²) in [7, 11) is 0. The Labute approximate surface area is 208 Å². The van der Waals surface area contributed by atoms with Gasteiger partial charge in [-0.05, 0) is 31.3 Å². The Balaban J connectivity index is 0.00000106.